The van der Waals surface area contributed by atoms with Gasteiger partial charge in [-0.3, -0.25) is 0 Å². The Balaban J connectivity index is 1.89. The predicted octanol–water partition coefficient (Wildman–Crippen LogP) is 3.62. The largest absolute Gasteiger partial charge is 0.365 e. The van der Waals surface area contributed by atoms with Crippen LogP contribution in [0.4, 0.5) is 5.13 Å². The van der Waals surface area contributed by atoms with Crippen LogP contribution in [0.15, 0.2) is 0 Å². The lowest BCUT2D eigenvalue weighted by atomic mass is 10.0. The fourth-order valence-corrected chi connectivity index (χ4v) is 3.33. The number of thiazole rings is 1. The molecule has 1 aromatic rings. The normalized spacial score (nSPS) is 17.2. The number of aryl methyl sites for hydroxylation is 2. The summed E-state index contributed by atoms with van der Waals surface area (Å²) >= 11 is 1.82. The number of anilines is 1. The molecule has 2 rings (SSSR count). The molecule has 0 amide bonds. The second kappa shape index (κ2) is 4.97. The molecule has 1 heterocycles. The number of nitrogens with zero attached hydrogens (tertiary/aromatic N) is 1. The third kappa shape index (κ3) is 2.71. The Morgan fingerprint density at radius 1 is 1.40 bits per heavy atom. The fraction of sp³-hybridized carbons (Fsp3) is 0.750. The van der Waals surface area contributed by atoms with Gasteiger partial charge in [0.2, 0.25) is 0 Å². The second-order valence-electron chi connectivity index (χ2n) is 4.47. The van der Waals surface area contributed by atoms with Crippen molar-refractivity contribution in [1.82, 2.24) is 4.98 Å². The Kier molecular flexibility index (Phi) is 3.62. The van der Waals surface area contributed by atoms with Gasteiger partial charge in [0.25, 0.3) is 0 Å². The van der Waals surface area contributed by atoms with Crippen molar-refractivity contribution in [3.8, 4) is 0 Å². The Morgan fingerprint density at radius 2 is 2.13 bits per heavy atom. The predicted molar refractivity (Wildman–Crippen MR) is 66.7 cm³/mol. The molecular formula is C12H20N2S. The Morgan fingerprint density at radius 3 is 2.73 bits per heavy atom. The molecule has 0 bridgehead atoms. The minimum atomic E-state index is 0.990. The molecule has 0 radical (unpaired) electrons. The van der Waals surface area contributed by atoms with Crippen LogP contribution in [0, 0.1) is 12.8 Å². The van der Waals surface area contributed by atoms with Gasteiger partial charge >= 0.3 is 0 Å². The van der Waals surface area contributed by atoms with Crippen molar-refractivity contribution in [2.75, 3.05) is 12.4 Å². The van der Waals surface area contributed by atoms with E-state index in [0.29, 0.717) is 0 Å². The first kappa shape index (κ1) is 10.9. The second-order valence-corrected chi connectivity index (χ2v) is 5.55. The van der Waals surface area contributed by atoms with Gasteiger partial charge in [-0.1, -0.05) is 25.7 Å². The van der Waals surface area contributed by atoms with E-state index in [9.17, 15) is 0 Å². The summed E-state index contributed by atoms with van der Waals surface area (Å²) in [5, 5.41) is 4.19. The van der Waals surface area contributed by atoms with Crippen molar-refractivity contribution in [2.45, 2.75) is 45.4 Å². The molecule has 0 saturated heterocycles. The van der Waals surface area contributed by atoms with Crippen LogP contribution in [0.2, 0.25) is 0 Å². The van der Waals surface area contributed by atoms with E-state index in [4.69, 9.17) is 0 Å². The number of rotatable bonds is 4. The van der Waals surface area contributed by atoms with Crippen molar-refractivity contribution in [3.63, 3.8) is 0 Å². The highest BCUT2D eigenvalue weighted by Gasteiger charge is 2.16. The highest BCUT2D eigenvalue weighted by Crippen LogP contribution is 2.31. The summed E-state index contributed by atoms with van der Waals surface area (Å²) in [6, 6.07) is 0. The maximum atomic E-state index is 4.48. The van der Waals surface area contributed by atoms with Gasteiger partial charge in [-0.05, 0) is 25.7 Å². The molecule has 1 aliphatic carbocycles. The van der Waals surface area contributed by atoms with Crippen molar-refractivity contribution < 1.29 is 0 Å². The van der Waals surface area contributed by atoms with Gasteiger partial charge in [-0.25, -0.2) is 4.98 Å². The minimum Gasteiger partial charge on any atom is -0.365 e. The van der Waals surface area contributed by atoms with Gasteiger partial charge in [0, 0.05) is 11.9 Å². The van der Waals surface area contributed by atoms with E-state index in [1.165, 1.54) is 49.1 Å². The fourth-order valence-electron chi connectivity index (χ4n) is 2.40. The van der Waals surface area contributed by atoms with E-state index in [0.717, 1.165) is 11.0 Å². The number of nitrogens with one attached hydrogen (secondary N) is 1. The van der Waals surface area contributed by atoms with Gasteiger partial charge in [-0.2, -0.15) is 0 Å². The summed E-state index contributed by atoms with van der Waals surface area (Å²) in [6.07, 6.45) is 8.41. The third-order valence-electron chi connectivity index (χ3n) is 3.36. The van der Waals surface area contributed by atoms with Gasteiger partial charge < -0.3 is 5.32 Å². The highest BCUT2D eigenvalue weighted by molar-refractivity contribution is 7.15. The molecular weight excluding hydrogens is 204 g/mol. The maximum Gasteiger partial charge on any atom is 0.182 e. The zero-order chi connectivity index (χ0) is 10.7. The van der Waals surface area contributed by atoms with Gasteiger partial charge in [0.1, 0.15) is 0 Å². The lowest BCUT2D eigenvalue weighted by Gasteiger charge is -2.06. The van der Waals surface area contributed by atoms with E-state index < -0.39 is 0 Å². The van der Waals surface area contributed by atoms with E-state index in [1.807, 2.05) is 18.4 Å². The Labute approximate surface area is 96.1 Å². The zero-order valence-electron chi connectivity index (χ0n) is 9.68. The van der Waals surface area contributed by atoms with Crippen LogP contribution in [0.3, 0.4) is 0 Å². The molecule has 3 heteroatoms. The Bertz CT molecular complexity index is 313. The van der Waals surface area contributed by atoms with Crippen molar-refractivity contribution in [2.24, 2.45) is 5.92 Å². The van der Waals surface area contributed by atoms with Crippen LogP contribution >= 0.6 is 11.3 Å². The molecule has 0 aromatic carbocycles. The van der Waals surface area contributed by atoms with Crippen molar-refractivity contribution >= 4 is 16.5 Å². The van der Waals surface area contributed by atoms with Crippen LogP contribution in [0.5, 0.6) is 0 Å². The zero-order valence-corrected chi connectivity index (χ0v) is 10.5. The third-order valence-corrected chi connectivity index (χ3v) is 4.60. The van der Waals surface area contributed by atoms with Crippen LogP contribution in [0.1, 0.15) is 42.7 Å². The van der Waals surface area contributed by atoms with E-state index in [1.54, 1.807) is 0 Å². The standard InChI is InChI=1S/C12H20N2S/c1-9-11(15-12(13-2)14-9)8-7-10-5-3-4-6-10/h10H,3-8H2,1-2H3,(H,13,14). The average Bonchev–Trinajstić information content (AvgIpc) is 2.84. The molecule has 15 heavy (non-hydrogen) atoms. The lowest BCUT2D eigenvalue weighted by molar-refractivity contribution is 0.505. The molecule has 1 aromatic heterocycles. The molecule has 0 unspecified atom stereocenters. The van der Waals surface area contributed by atoms with Crippen LogP contribution in [-0.2, 0) is 6.42 Å². The van der Waals surface area contributed by atoms with Crippen LogP contribution < -0.4 is 5.32 Å². The summed E-state index contributed by atoms with van der Waals surface area (Å²) in [6.45, 7) is 2.13. The minimum absolute atomic E-state index is 0.990. The van der Waals surface area contributed by atoms with Crippen molar-refractivity contribution in [1.29, 1.82) is 0 Å². The van der Waals surface area contributed by atoms with Crippen LogP contribution in [0.25, 0.3) is 0 Å². The first-order valence-electron chi connectivity index (χ1n) is 5.93. The molecule has 0 spiro atoms. The highest BCUT2D eigenvalue weighted by atomic mass is 32.1. The molecule has 2 nitrogen and oxygen atoms in total. The monoisotopic (exact) mass is 224 g/mol. The van der Waals surface area contributed by atoms with Crippen molar-refractivity contribution in [3.05, 3.63) is 10.6 Å². The maximum absolute atomic E-state index is 4.48. The summed E-state index contributed by atoms with van der Waals surface area (Å²) in [5.41, 5.74) is 1.22. The summed E-state index contributed by atoms with van der Waals surface area (Å²) in [7, 11) is 1.94. The van der Waals surface area contributed by atoms with Crippen LogP contribution in [-0.4, -0.2) is 12.0 Å². The van der Waals surface area contributed by atoms with E-state index in [2.05, 4.69) is 17.2 Å². The average molecular weight is 224 g/mol. The first-order chi connectivity index (χ1) is 7.29. The molecule has 1 fully saturated rings. The summed E-state index contributed by atoms with van der Waals surface area (Å²) in [4.78, 5) is 5.96. The molecule has 0 aliphatic heterocycles. The number of hydrogen-bond donors (Lipinski definition) is 1. The SMILES string of the molecule is CNc1nc(C)c(CCC2CCCC2)s1. The molecule has 0 atom stereocenters. The first-order valence-corrected chi connectivity index (χ1v) is 6.75. The van der Waals surface area contributed by atoms with E-state index in [-0.39, 0.29) is 0 Å². The molecule has 1 aliphatic rings. The number of aromatic nitrogens is 1. The lowest BCUT2D eigenvalue weighted by Crippen LogP contribution is -1.95. The number of hydrogen-bond acceptors (Lipinski definition) is 3. The Hall–Kier alpha value is -0.570. The van der Waals surface area contributed by atoms with E-state index >= 15 is 0 Å². The smallest absolute Gasteiger partial charge is 0.182 e. The van der Waals surface area contributed by atoms with Gasteiger partial charge in [0.05, 0.1) is 5.69 Å². The molecule has 84 valence electrons. The van der Waals surface area contributed by atoms with Gasteiger partial charge in [-0.15, -0.1) is 11.3 Å². The van der Waals surface area contributed by atoms with Gasteiger partial charge in [0.15, 0.2) is 5.13 Å². The molecule has 1 N–H and O–H groups in total. The summed E-state index contributed by atoms with van der Waals surface area (Å²) in [5.74, 6) is 0.990. The molecule has 1 saturated carbocycles. The quantitative estimate of drug-likeness (QED) is 0.845. The topological polar surface area (TPSA) is 24.9 Å². The summed E-state index contributed by atoms with van der Waals surface area (Å²) < 4.78 is 0.